The van der Waals surface area contributed by atoms with Crippen LogP contribution in [0.4, 0.5) is 0 Å². The van der Waals surface area contributed by atoms with Crippen LogP contribution >= 0.6 is 0 Å². The Kier molecular flexibility index (Phi) is 3.85. The Hall–Kier alpha value is -0.790. The van der Waals surface area contributed by atoms with Crippen molar-refractivity contribution in [3.05, 3.63) is 11.8 Å². The standard InChI is InChI=1S/C10H17N2/c1-3-4-5-6-7-10-9(2)8-11-12-10/h8H,3-7H2,1-2H3. The Balaban J connectivity index is 2.11. The summed E-state index contributed by atoms with van der Waals surface area (Å²) in [6.07, 6.45) is 8.16. The van der Waals surface area contributed by atoms with E-state index >= 15 is 0 Å². The van der Waals surface area contributed by atoms with Crippen LogP contribution in [-0.4, -0.2) is 5.71 Å². The molecule has 0 aromatic heterocycles. The van der Waals surface area contributed by atoms with Crippen molar-refractivity contribution < 1.29 is 0 Å². The molecular weight excluding hydrogens is 148 g/mol. The van der Waals surface area contributed by atoms with Gasteiger partial charge in [0, 0.05) is 0 Å². The number of unbranched alkanes of at least 4 members (excludes halogenated alkanes) is 3. The highest BCUT2D eigenvalue weighted by molar-refractivity contribution is 6.00. The fraction of sp³-hybridized carbons (Fsp3) is 0.700. The van der Waals surface area contributed by atoms with Crippen molar-refractivity contribution in [3.8, 4) is 0 Å². The Morgan fingerprint density at radius 2 is 2.08 bits per heavy atom. The van der Waals surface area contributed by atoms with Gasteiger partial charge in [0.15, 0.2) is 0 Å². The van der Waals surface area contributed by atoms with Crippen LogP contribution in [0.3, 0.4) is 0 Å². The average molecular weight is 165 g/mol. The predicted octanol–water partition coefficient (Wildman–Crippen LogP) is 2.83. The van der Waals surface area contributed by atoms with Gasteiger partial charge in [-0.2, -0.15) is 10.5 Å². The van der Waals surface area contributed by atoms with Gasteiger partial charge in [0.05, 0.1) is 11.9 Å². The quantitative estimate of drug-likeness (QED) is 0.560. The first-order valence-corrected chi connectivity index (χ1v) is 4.78. The molecule has 0 aromatic carbocycles. The Labute approximate surface area is 74.7 Å². The van der Waals surface area contributed by atoms with Crippen molar-refractivity contribution in [2.24, 2.45) is 5.10 Å². The third-order valence-electron chi connectivity index (χ3n) is 2.15. The second kappa shape index (κ2) is 4.96. The van der Waals surface area contributed by atoms with E-state index in [1.54, 1.807) is 0 Å². The van der Waals surface area contributed by atoms with Crippen LogP contribution in [0.5, 0.6) is 0 Å². The number of nitrogens with zero attached hydrogens (tertiary/aromatic N) is 2. The van der Waals surface area contributed by atoms with Crippen LogP contribution in [0.2, 0.25) is 0 Å². The summed E-state index contributed by atoms with van der Waals surface area (Å²) in [7, 11) is 0. The van der Waals surface area contributed by atoms with E-state index < -0.39 is 0 Å². The van der Waals surface area contributed by atoms with Crippen LogP contribution in [0.25, 0.3) is 0 Å². The molecule has 0 amide bonds. The first-order chi connectivity index (χ1) is 5.84. The Morgan fingerprint density at radius 3 is 2.67 bits per heavy atom. The monoisotopic (exact) mass is 165 g/mol. The van der Waals surface area contributed by atoms with Crippen molar-refractivity contribution in [2.45, 2.75) is 46.0 Å². The SMILES string of the molecule is CCCCCCC1=N[N]C=C1C. The lowest BCUT2D eigenvalue weighted by atomic mass is 10.1. The van der Waals surface area contributed by atoms with Crippen molar-refractivity contribution in [1.29, 1.82) is 0 Å². The summed E-state index contributed by atoms with van der Waals surface area (Å²) in [5, 5.41) is 4.06. The van der Waals surface area contributed by atoms with Gasteiger partial charge in [-0.05, 0) is 25.3 Å². The zero-order chi connectivity index (χ0) is 8.81. The second-order valence-corrected chi connectivity index (χ2v) is 3.28. The lowest BCUT2D eigenvalue weighted by Gasteiger charge is -1.99. The van der Waals surface area contributed by atoms with Gasteiger partial charge in [0.25, 0.3) is 0 Å². The molecular formula is C10H17N2. The zero-order valence-corrected chi connectivity index (χ0v) is 8.01. The van der Waals surface area contributed by atoms with E-state index in [0.29, 0.717) is 0 Å². The van der Waals surface area contributed by atoms with Crippen molar-refractivity contribution in [2.75, 3.05) is 0 Å². The summed E-state index contributed by atoms with van der Waals surface area (Å²) < 4.78 is 0. The van der Waals surface area contributed by atoms with Gasteiger partial charge in [0.1, 0.15) is 0 Å². The number of rotatable bonds is 5. The number of allylic oxidation sites excluding steroid dienone is 1. The predicted molar refractivity (Wildman–Crippen MR) is 52.1 cm³/mol. The topological polar surface area (TPSA) is 26.5 Å². The molecule has 0 bridgehead atoms. The molecule has 67 valence electrons. The maximum Gasteiger partial charge on any atom is 0.0675 e. The molecule has 1 rings (SSSR count). The molecule has 0 spiro atoms. The van der Waals surface area contributed by atoms with Crippen LogP contribution in [-0.2, 0) is 0 Å². The summed E-state index contributed by atoms with van der Waals surface area (Å²) in [4.78, 5) is 0. The molecule has 0 aliphatic carbocycles. The lowest BCUT2D eigenvalue weighted by Crippen LogP contribution is -1.96. The van der Waals surface area contributed by atoms with E-state index in [2.05, 4.69) is 24.4 Å². The van der Waals surface area contributed by atoms with Crippen LogP contribution in [0.15, 0.2) is 16.9 Å². The van der Waals surface area contributed by atoms with Gasteiger partial charge in [-0.15, -0.1) is 0 Å². The van der Waals surface area contributed by atoms with E-state index in [1.165, 1.54) is 37.0 Å². The average Bonchev–Trinajstić information content (AvgIpc) is 2.46. The lowest BCUT2D eigenvalue weighted by molar-refractivity contribution is 0.682. The minimum Gasteiger partial charge on any atom is -0.159 e. The van der Waals surface area contributed by atoms with Gasteiger partial charge in [-0.1, -0.05) is 26.2 Å². The molecule has 1 heterocycles. The Morgan fingerprint density at radius 1 is 1.25 bits per heavy atom. The molecule has 2 nitrogen and oxygen atoms in total. The van der Waals surface area contributed by atoms with Crippen molar-refractivity contribution in [1.82, 2.24) is 5.43 Å². The maximum absolute atomic E-state index is 4.06. The van der Waals surface area contributed by atoms with Gasteiger partial charge in [-0.3, -0.25) is 0 Å². The molecule has 1 radical (unpaired) electrons. The number of hydrogen-bond donors (Lipinski definition) is 0. The highest BCUT2D eigenvalue weighted by Gasteiger charge is 2.07. The van der Waals surface area contributed by atoms with Crippen molar-refractivity contribution in [3.63, 3.8) is 0 Å². The summed E-state index contributed by atoms with van der Waals surface area (Å²) in [5.41, 5.74) is 6.30. The first-order valence-electron chi connectivity index (χ1n) is 4.78. The van der Waals surface area contributed by atoms with Gasteiger partial charge >= 0.3 is 0 Å². The van der Waals surface area contributed by atoms with Crippen LogP contribution in [0, 0.1) is 0 Å². The maximum atomic E-state index is 4.06. The molecule has 2 heteroatoms. The molecule has 0 atom stereocenters. The van der Waals surface area contributed by atoms with E-state index in [9.17, 15) is 0 Å². The zero-order valence-electron chi connectivity index (χ0n) is 8.01. The second-order valence-electron chi connectivity index (χ2n) is 3.28. The molecule has 0 aromatic rings. The third-order valence-corrected chi connectivity index (χ3v) is 2.15. The molecule has 1 aliphatic heterocycles. The van der Waals surface area contributed by atoms with Gasteiger partial charge in [-0.25, -0.2) is 0 Å². The van der Waals surface area contributed by atoms with E-state index in [4.69, 9.17) is 0 Å². The van der Waals surface area contributed by atoms with Crippen LogP contribution in [0.1, 0.15) is 46.0 Å². The number of hydrogen-bond acceptors (Lipinski definition) is 1. The normalized spacial score (nSPS) is 15.5. The van der Waals surface area contributed by atoms with Crippen molar-refractivity contribution >= 4 is 5.71 Å². The minimum absolute atomic E-state index is 1.10. The summed E-state index contributed by atoms with van der Waals surface area (Å²) in [6, 6.07) is 0. The molecule has 0 saturated heterocycles. The molecule has 0 fully saturated rings. The largest absolute Gasteiger partial charge is 0.159 e. The fourth-order valence-electron chi connectivity index (χ4n) is 1.30. The smallest absolute Gasteiger partial charge is 0.0675 e. The highest BCUT2D eigenvalue weighted by Crippen LogP contribution is 2.11. The van der Waals surface area contributed by atoms with Crippen LogP contribution < -0.4 is 5.43 Å². The Bertz CT molecular complexity index is 192. The van der Waals surface area contributed by atoms with E-state index in [-0.39, 0.29) is 0 Å². The molecule has 12 heavy (non-hydrogen) atoms. The van der Waals surface area contributed by atoms with Gasteiger partial charge in [0.2, 0.25) is 0 Å². The highest BCUT2D eigenvalue weighted by atomic mass is 15.3. The van der Waals surface area contributed by atoms with Gasteiger partial charge < -0.3 is 0 Å². The third kappa shape index (κ3) is 2.68. The molecule has 0 saturated carbocycles. The summed E-state index contributed by atoms with van der Waals surface area (Å²) in [6.45, 7) is 4.31. The summed E-state index contributed by atoms with van der Waals surface area (Å²) >= 11 is 0. The minimum atomic E-state index is 1.10. The van der Waals surface area contributed by atoms with E-state index in [0.717, 1.165) is 6.42 Å². The first kappa shape index (κ1) is 9.30. The van der Waals surface area contributed by atoms with E-state index in [1.807, 2.05) is 6.20 Å². The molecule has 0 unspecified atom stereocenters. The summed E-state index contributed by atoms with van der Waals surface area (Å²) in [5.74, 6) is 0. The fourth-order valence-corrected chi connectivity index (χ4v) is 1.30. The molecule has 0 N–H and O–H groups in total. The molecule has 1 aliphatic rings.